The van der Waals surface area contributed by atoms with Crippen molar-refractivity contribution in [1.82, 2.24) is 9.80 Å². The first-order valence-corrected chi connectivity index (χ1v) is 6.88. The molecular formula is C13H22N2O3. The van der Waals surface area contributed by atoms with Crippen LogP contribution in [0.25, 0.3) is 0 Å². The largest absolute Gasteiger partial charge is 0.480 e. The van der Waals surface area contributed by atoms with Crippen LogP contribution in [0, 0.1) is 5.92 Å². The first kappa shape index (κ1) is 13.2. The molecule has 5 heteroatoms. The van der Waals surface area contributed by atoms with Crippen LogP contribution >= 0.6 is 0 Å². The maximum atomic E-state index is 12.4. The fraction of sp³-hybridized carbons (Fsp3) is 0.846. The number of piperidine rings is 2. The van der Waals surface area contributed by atoms with E-state index in [0.29, 0.717) is 18.9 Å². The molecule has 2 rings (SSSR count). The zero-order chi connectivity index (χ0) is 13.1. The topological polar surface area (TPSA) is 60.9 Å². The highest BCUT2D eigenvalue weighted by molar-refractivity contribution is 5.83. The van der Waals surface area contributed by atoms with Crippen LogP contribution in [0.5, 0.6) is 0 Å². The molecule has 5 nitrogen and oxygen atoms in total. The number of likely N-dealkylation sites (tertiary alicyclic amines) is 2. The van der Waals surface area contributed by atoms with E-state index in [2.05, 4.69) is 6.92 Å². The Morgan fingerprint density at radius 3 is 2.39 bits per heavy atom. The Kier molecular flexibility index (Phi) is 4.09. The van der Waals surface area contributed by atoms with Gasteiger partial charge in [0.2, 0.25) is 0 Å². The van der Waals surface area contributed by atoms with Crippen molar-refractivity contribution >= 4 is 12.0 Å². The molecule has 0 saturated carbocycles. The van der Waals surface area contributed by atoms with Crippen LogP contribution in [0.1, 0.15) is 39.0 Å². The van der Waals surface area contributed by atoms with Crippen LogP contribution in [0.3, 0.4) is 0 Å². The lowest BCUT2D eigenvalue weighted by Crippen LogP contribution is -2.55. The first-order chi connectivity index (χ1) is 8.59. The summed E-state index contributed by atoms with van der Waals surface area (Å²) in [5, 5.41) is 9.26. The van der Waals surface area contributed by atoms with Crippen molar-refractivity contribution in [3.05, 3.63) is 0 Å². The molecule has 2 fully saturated rings. The second-order valence-electron chi connectivity index (χ2n) is 5.51. The van der Waals surface area contributed by atoms with Gasteiger partial charge in [-0.2, -0.15) is 0 Å². The van der Waals surface area contributed by atoms with Crippen molar-refractivity contribution < 1.29 is 14.7 Å². The van der Waals surface area contributed by atoms with Crippen LogP contribution in [-0.4, -0.2) is 52.6 Å². The zero-order valence-electron chi connectivity index (χ0n) is 11.0. The molecule has 2 aliphatic rings. The zero-order valence-corrected chi connectivity index (χ0v) is 11.0. The number of carbonyl (C=O) groups excluding carboxylic acids is 1. The second-order valence-corrected chi connectivity index (χ2v) is 5.51. The first-order valence-electron chi connectivity index (χ1n) is 6.88. The van der Waals surface area contributed by atoms with Crippen LogP contribution in [0.2, 0.25) is 0 Å². The second kappa shape index (κ2) is 5.59. The van der Waals surface area contributed by atoms with Gasteiger partial charge >= 0.3 is 12.0 Å². The van der Waals surface area contributed by atoms with E-state index in [0.717, 1.165) is 32.4 Å². The van der Waals surface area contributed by atoms with E-state index in [9.17, 15) is 14.7 Å². The van der Waals surface area contributed by atoms with Gasteiger partial charge in [0.25, 0.3) is 0 Å². The molecule has 1 N–H and O–H groups in total. The van der Waals surface area contributed by atoms with Gasteiger partial charge in [0.15, 0.2) is 0 Å². The van der Waals surface area contributed by atoms with Crippen LogP contribution in [0.15, 0.2) is 0 Å². The van der Waals surface area contributed by atoms with Gasteiger partial charge < -0.3 is 14.9 Å². The summed E-state index contributed by atoms with van der Waals surface area (Å²) in [6, 6.07) is -0.711. The van der Waals surface area contributed by atoms with E-state index in [-0.39, 0.29) is 6.03 Å². The van der Waals surface area contributed by atoms with Crippen molar-refractivity contribution in [2.24, 2.45) is 5.92 Å². The molecular weight excluding hydrogens is 232 g/mol. The third-order valence-corrected chi connectivity index (χ3v) is 4.02. The van der Waals surface area contributed by atoms with Gasteiger partial charge in [-0.05, 0) is 38.0 Å². The normalized spacial score (nSPS) is 29.2. The summed E-state index contributed by atoms with van der Waals surface area (Å²) in [6.07, 6.45) is 4.73. The number of carboxylic acid groups (broad SMARTS) is 1. The van der Waals surface area contributed by atoms with E-state index in [1.165, 1.54) is 6.42 Å². The van der Waals surface area contributed by atoms with E-state index in [1.54, 1.807) is 4.90 Å². The summed E-state index contributed by atoms with van der Waals surface area (Å²) in [6.45, 7) is 4.18. The van der Waals surface area contributed by atoms with Gasteiger partial charge in [0, 0.05) is 19.6 Å². The average molecular weight is 254 g/mol. The predicted octanol–water partition coefficient (Wildman–Crippen LogP) is 1.78. The molecule has 0 aromatic heterocycles. The molecule has 0 aromatic rings. The van der Waals surface area contributed by atoms with Crippen LogP contribution in [-0.2, 0) is 4.79 Å². The Balaban J connectivity index is 2.04. The van der Waals surface area contributed by atoms with Crippen LogP contribution in [0.4, 0.5) is 4.79 Å². The standard InChI is InChI=1S/C13H22N2O3/c1-10-5-8-15(11(9-10)12(16)17)13(18)14-6-3-2-4-7-14/h10-11H,2-9H2,1H3,(H,16,17). The molecule has 2 aliphatic heterocycles. The number of urea groups is 1. The number of nitrogens with zero attached hydrogens (tertiary/aromatic N) is 2. The highest BCUT2D eigenvalue weighted by atomic mass is 16.4. The Bertz CT molecular complexity index is 326. The molecule has 2 saturated heterocycles. The van der Waals surface area contributed by atoms with Gasteiger partial charge in [-0.25, -0.2) is 9.59 Å². The number of hydrogen-bond acceptors (Lipinski definition) is 2. The third-order valence-electron chi connectivity index (χ3n) is 4.02. The van der Waals surface area contributed by atoms with Gasteiger partial charge in [-0.1, -0.05) is 6.92 Å². The summed E-state index contributed by atoms with van der Waals surface area (Å²) in [5.74, 6) is -0.483. The number of rotatable bonds is 1. The van der Waals surface area contributed by atoms with Crippen molar-refractivity contribution in [1.29, 1.82) is 0 Å². The molecule has 2 heterocycles. The lowest BCUT2D eigenvalue weighted by atomic mass is 9.92. The Hall–Kier alpha value is -1.26. The smallest absolute Gasteiger partial charge is 0.326 e. The van der Waals surface area contributed by atoms with E-state index in [4.69, 9.17) is 0 Å². The third kappa shape index (κ3) is 2.76. The lowest BCUT2D eigenvalue weighted by Gasteiger charge is -2.40. The van der Waals surface area contributed by atoms with Crippen molar-refractivity contribution in [2.75, 3.05) is 19.6 Å². The minimum Gasteiger partial charge on any atom is -0.480 e. The summed E-state index contributed by atoms with van der Waals surface area (Å²) in [7, 11) is 0. The lowest BCUT2D eigenvalue weighted by molar-refractivity contribution is -0.144. The summed E-state index contributed by atoms with van der Waals surface area (Å²) in [4.78, 5) is 27.0. The summed E-state index contributed by atoms with van der Waals surface area (Å²) in [5.41, 5.74) is 0. The van der Waals surface area contributed by atoms with Crippen molar-refractivity contribution in [3.63, 3.8) is 0 Å². The number of hydrogen-bond donors (Lipinski definition) is 1. The van der Waals surface area contributed by atoms with E-state index in [1.807, 2.05) is 4.90 Å². The molecule has 0 aromatic carbocycles. The molecule has 2 atom stereocenters. The maximum Gasteiger partial charge on any atom is 0.326 e. The maximum absolute atomic E-state index is 12.4. The summed E-state index contributed by atoms with van der Waals surface area (Å²) < 4.78 is 0. The molecule has 2 unspecified atom stereocenters. The molecule has 0 radical (unpaired) electrons. The quantitative estimate of drug-likeness (QED) is 0.776. The Morgan fingerprint density at radius 1 is 1.11 bits per heavy atom. The SMILES string of the molecule is CC1CCN(C(=O)N2CCCCC2)C(C(=O)O)C1. The van der Waals surface area contributed by atoms with Gasteiger partial charge in [-0.15, -0.1) is 0 Å². The number of carbonyl (C=O) groups is 2. The highest BCUT2D eigenvalue weighted by Gasteiger charge is 2.36. The predicted molar refractivity (Wildman–Crippen MR) is 67.3 cm³/mol. The van der Waals surface area contributed by atoms with Gasteiger partial charge in [0.1, 0.15) is 6.04 Å². The molecule has 2 amide bonds. The average Bonchev–Trinajstić information content (AvgIpc) is 2.39. The van der Waals surface area contributed by atoms with E-state index < -0.39 is 12.0 Å². The molecule has 0 spiro atoms. The Morgan fingerprint density at radius 2 is 1.78 bits per heavy atom. The minimum absolute atomic E-state index is 0.0750. The summed E-state index contributed by atoms with van der Waals surface area (Å²) >= 11 is 0. The molecule has 102 valence electrons. The monoisotopic (exact) mass is 254 g/mol. The number of aliphatic carboxylic acids is 1. The molecule has 0 aliphatic carbocycles. The minimum atomic E-state index is -0.869. The molecule has 0 bridgehead atoms. The number of carboxylic acids is 1. The van der Waals surface area contributed by atoms with Crippen molar-refractivity contribution in [3.8, 4) is 0 Å². The van der Waals surface area contributed by atoms with Gasteiger partial charge in [-0.3, -0.25) is 0 Å². The van der Waals surface area contributed by atoms with Crippen molar-refractivity contribution in [2.45, 2.75) is 45.1 Å². The fourth-order valence-corrected chi connectivity index (χ4v) is 2.87. The van der Waals surface area contributed by atoms with E-state index >= 15 is 0 Å². The van der Waals surface area contributed by atoms with Crippen LogP contribution < -0.4 is 0 Å². The van der Waals surface area contributed by atoms with Gasteiger partial charge in [0.05, 0.1) is 0 Å². The fourth-order valence-electron chi connectivity index (χ4n) is 2.87. The Labute approximate surface area is 108 Å². The highest BCUT2D eigenvalue weighted by Crippen LogP contribution is 2.24. The number of amides is 2. The molecule has 18 heavy (non-hydrogen) atoms.